The average molecular weight is 402 g/mol. The van der Waals surface area contributed by atoms with Gasteiger partial charge in [-0.1, -0.05) is 47.0 Å². The highest BCUT2D eigenvalue weighted by Gasteiger charge is 2.44. The summed E-state index contributed by atoms with van der Waals surface area (Å²) < 4.78 is 9.71. The minimum Gasteiger partial charge on any atom is -0.479 e. The summed E-state index contributed by atoms with van der Waals surface area (Å²) in [5.74, 6) is -4.63. The van der Waals surface area contributed by atoms with Gasteiger partial charge in [-0.2, -0.15) is 0 Å². The number of carboxylic acid groups (broad SMARTS) is 1. The van der Waals surface area contributed by atoms with Crippen LogP contribution >= 0.6 is 0 Å². The Morgan fingerprint density at radius 3 is 1.82 bits per heavy atom. The average Bonchev–Trinajstić information content (AvgIpc) is 2.63. The van der Waals surface area contributed by atoms with Crippen LogP contribution in [0.5, 0.6) is 0 Å². The van der Waals surface area contributed by atoms with Crippen molar-refractivity contribution in [3.05, 3.63) is 0 Å². The minimum absolute atomic E-state index is 0.115. The van der Waals surface area contributed by atoms with Crippen molar-refractivity contribution in [2.24, 2.45) is 5.41 Å². The lowest BCUT2D eigenvalue weighted by Gasteiger charge is -2.28. The van der Waals surface area contributed by atoms with E-state index in [0.29, 0.717) is 25.7 Å². The van der Waals surface area contributed by atoms with Crippen molar-refractivity contribution in [2.45, 2.75) is 91.1 Å². The zero-order chi connectivity index (χ0) is 21.8. The number of unbranched alkanes of at least 4 members (excludes halogenated alkanes) is 3. The second-order valence-corrected chi connectivity index (χ2v) is 7.07. The monoisotopic (exact) mass is 402 g/mol. The lowest BCUT2D eigenvalue weighted by atomic mass is 9.80. The number of esters is 3. The van der Waals surface area contributed by atoms with Gasteiger partial charge in [0.05, 0.1) is 24.9 Å². The van der Waals surface area contributed by atoms with Crippen molar-refractivity contribution in [1.82, 2.24) is 0 Å². The maximum atomic E-state index is 12.3. The van der Waals surface area contributed by atoms with Crippen LogP contribution < -0.4 is 0 Å². The predicted octanol–water partition coefficient (Wildman–Crippen LogP) is 2.99. The molecule has 0 rings (SSSR count). The van der Waals surface area contributed by atoms with Crippen LogP contribution in [0.3, 0.4) is 0 Å². The Kier molecular flexibility index (Phi) is 11.6. The third-order valence-corrected chi connectivity index (χ3v) is 5.20. The number of rotatable bonds is 14. The standard InChI is InChI=1S/C20H34O8/c1-5-9-10-11-12-27-15(21)13-20(26,17(23)24)14-16(22)28-18(25)19(6-2,7-3)8-4/h26H,5-14H2,1-4H3,(H,23,24). The molecule has 0 aliphatic rings. The molecule has 0 aromatic carbocycles. The van der Waals surface area contributed by atoms with E-state index in [1.807, 2.05) is 6.92 Å². The van der Waals surface area contributed by atoms with Gasteiger partial charge in [0.1, 0.15) is 0 Å². The SMILES string of the molecule is CCCCCCOC(=O)CC(O)(CC(=O)OC(=O)C(CC)(CC)CC)C(=O)O. The van der Waals surface area contributed by atoms with Gasteiger partial charge in [-0.25, -0.2) is 4.79 Å². The predicted molar refractivity (Wildman–Crippen MR) is 101 cm³/mol. The molecule has 0 radical (unpaired) electrons. The van der Waals surface area contributed by atoms with Gasteiger partial charge in [-0.3, -0.25) is 14.4 Å². The van der Waals surface area contributed by atoms with E-state index in [0.717, 1.165) is 19.3 Å². The zero-order valence-corrected chi connectivity index (χ0v) is 17.4. The van der Waals surface area contributed by atoms with Crippen molar-refractivity contribution in [1.29, 1.82) is 0 Å². The number of carboxylic acids is 1. The van der Waals surface area contributed by atoms with E-state index < -0.39 is 47.7 Å². The number of carbonyl (C=O) groups is 4. The van der Waals surface area contributed by atoms with Crippen LogP contribution in [-0.4, -0.2) is 46.3 Å². The Bertz CT molecular complexity index is 530. The number of aliphatic hydroxyl groups is 1. The Morgan fingerprint density at radius 2 is 1.36 bits per heavy atom. The highest BCUT2D eigenvalue weighted by molar-refractivity contribution is 5.93. The lowest BCUT2D eigenvalue weighted by molar-refractivity contribution is -0.178. The van der Waals surface area contributed by atoms with E-state index in [1.165, 1.54) is 0 Å². The van der Waals surface area contributed by atoms with E-state index >= 15 is 0 Å². The van der Waals surface area contributed by atoms with E-state index in [9.17, 15) is 29.4 Å². The molecule has 0 aromatic heterocycles. The Morgan fingerprint density at radius 1 is 0.821 bits per heavy atom. The molecule has 162 valence electrons. The second kappa shape index (κ2) is 12.5. The van der Waals surface area contributed by atoms with E-state index in [-0.39, 0.29) is 6.61 Å². The van der Waals surface area contributed by atoms with Crippen LogP contribution in [-0.2, 0) is 28.7 Å². The fraction of sp³-hybridized carbons (Fsp3) is 0.800. The quantitative estimate of drug-likeness (QED) is 0.258. The van der Waals surface area contributed by atoms with Crippen molar-refractivity contribution in [2.75, 3.05) is 6.61 Å². The number of ether oxygens (including phenoxy) is 2. The van der Waals surface area contributed by atoms with Crippen molar-refractivity contribution in [3.63, 3.8) is 0 Å². The molecule has 1 atom stereocenters. The number of hydrogen-bond donors (Lipinski definition) is 2. The second-order valence-electron chi connectivity index (χ2n) is 7.07. The minimum atomic E-state index is -2.69. The molecule has 0 heterocycles. The fourth-order valence-corrected chi connectivity index (χ4v) is 2.89. The van der Waals surface area contributed by atoms with E-state index in [1.54, 1.807) is 20.8 Å². The van der Waals surface area contributed by atoms with Crippen molar-refractivity contribution < 1.29 is 38.9 Å². The first-order valence-electron chi connectivity index (χ1n) is 9.97. The van der Waals surface area contributed by atoms with E-state index in [4.69, 9.17) is 9.47 Å². The molecule has 0 aliphatic heterocycles. The molecule has 0 aromatic rings. The Balaban J connectivity index is 4.85. The van der Waals surface area contributed by atoms with Gasteiger partial charge >= 0.3 is 23.9 Å². The van der Waals surface area contributed by atoms with Gasteiger partial charge < -0.3 is 19.7 Å². The van der Waals surface area contributed by atoms with Crippen LogP contribution in [0.25, 0.3) is 0 Å². The number of carbonyl (C=O) groups excluding carboxylic acids is 3. The van der Waals surface area contributed by atoms with Gasteiger partial charge in [0.2, 0.25) is 0 Å². The van der Waals surface area contributed by atoms with Gasteiger partial charge in [-0.15, -0.1) is 0 Å². The Labute approximate surface area is 166 Å². The smallest absolute Gasteiger partial charge is 0.336 e. The highest BCUT2D eigenvalue weighted by Crippen LogP contribution is 2.32. The zero-order valence-electron chi connectivity index (χ0n) is 17.4. The maximum Gasteiger partial charge on any atom is 0.336 e. The molecule has 0 saturated carbocycles. The van der Waals surface area contributed by atoms with Crippen LogP contribution in [0.15, 0.2) is 0 Å². The topological polar surface area (TPSA) is 127 Å². The molecule has 2 N–H and O–H groups in total. The molecule has 0 fully saturated rings. The van der Waals surface area contributed by atoms with Crippen molar-refractivity contribution in [3.8, 4) is 0 Å². The molecule has 8 heteroatoms. The molecule has 1 unspecified atom stereocenters. The van der Waals surface area contributed by atoms with Crippen LogP contribution in [0.2, 0.25) is 0 Å². The molecular weight excluding hydrogens is 368 g/mol. The van der Waals surface area contributed by atoms with Crippen LogP contribution in [0, 0.1) is 5.41 Å². The molecule has 0 bridgehead atoms. The normalized spacial score (nSPS) is 13.5. The van der Waals surface area contributed by atoms with Crippen LogP contribution in [0.4, 0.5) is 0 Å². The summed E-state index contributed by atoms with van der Waals surface area (Å²) >= 11 is 0. The van der Waals surface area contributed by atoms with Crippen LogP contribution in [0.1, 0.15) is 85.5 Å². The first kappa shape index (κ1) is 26.0. The summed E-state index contributed by atoms with van der Waals surface area (Å²) in [5.41, 5.74) is -3.53. The van der Waals surface area contributed by atoms with Gasteiger partial charge in [0.15, 0.2) is 5.60 Å². The summed E-state index contributed by atoms with van der Waals surface area (Å²) in [7, 11) is 0. The molecular formula is C20H34O8. The molecule has 28 heavy (non-hydrogen) atoms. The molecule has 0 amide bonds. The summed E-state index contributed by atoms with van der Waals surface area (Å²) in [4.78, 5) is 47.6. The van der Waals surface area contributed by atoms with E-state index in [2.05, 4.69) is 0 Å². The fourth-order valence-electron chi connectivity index (χ4n) is 2.89. The summed E-state index contributed by atoms with van der Waals surface area (Å²) in [6.45, 7) is 7.53. The molecule has 0 aliphatic carbocycles. The maximum absolute atomic E-state index is 12.3. The third kappa shape index (κ3) is 7.96. The summed E-state index contributed by atoms with van der Waals surface area (Å²) in [5, 5.41) is 19.5. The number of aliphatic carboxylic acids is 1. The Hall–Kier alpha value is -1.96. The first-order chi connectivity index (χ1) is 13.1. The third-order valence-electron chi connectivity index (χ3n) is 5.20. The lowest BCUT2D eigenvalue weighted by Crippen LogP contribution is -2.44. The highest BCUT2D eigenvalue weighted by atomic mass is 16.6. The first-order valence-corrected chi connectivity index (χ1v) is 9.97. The number of hydrogen-bond acceptors (Lipinski definition) is 7. The molecule has 0 spiro atoms. The van der Waals surface area contributed by atoms with Crippen molar-refractivity contribution >= 4 is 23.9 Å². The van der Waals surface area contributed by atoms with Gasteiger partial charge in [-0.05, 0) is 25.7 Å². The van der Waals surface area contributed by atoms with Gasteiger partial charge in [0, 0.05) is 0 Å². The molecule has 8 nitrogen and oxygen atoms in total. The molecule has 0 saturated heterocycles. The summed E-state index contributed by atoms with van der Waals surface area (Å²) in [6.07, 6.45) is 2.96. The van der Waals surface area contributed by atoms with Gasteiger partial charge in [0.25, 0.3) is 0 Å². The summed E-state index contributed by atoms with van der Waals surface area (Å²) in [6, 6.07) is 0. The largest absolute Gasteiger partial charge is 0.479 e.